The van der Waals surface area contributed by atoms with Crippen LogP contribution in [0.4, 0.5) is 11.4 Å². The van der Waals surface area contributed by atoms with E-state index in [1.54, 1.807) is 0 Å². The predicted octanol–water partition coefficient (Wildman–Crippen LogP) is 4.25. The maximum atomic E-state index is 6.14. The van der Waals surface area contributed by atoms with E-state index in [2.05, 4.69) is 0 Å². The van der Waals surface area contributed by atoms with E-state index in [0.717, 1.165) is 28.9 Å². The van der Waals surface area contributed by atoms with Crippen LogP contribution in [-0.4, -0.2) is 0 Å². The molecule has 0 unspecified atom stereocenters. The first kappa shape index (κ1) is 21.1. The summed E-state index contributed by atoms with van der Waals surface area (Å²) in [7, 11) is 0. The average molecular weight is 397 g/mol. The molecular weight excluding hydrogens is 368 g/mol. The summed E-state index contributed by atoms with van der Waals surface area (Å²) in [4.78, 5) is 0. The molecular formula is C26H28N4. The Morgan fingerprint density at radius 1 is 0.467 bits per heavy atom. The van der Waals surface area contributed by atoms with Gasteiger partial charge in [-0.15, -0.1) is 0 Å². The van der Waals surface area contributed by atoms with Crippen molar-refractivity contribution >= 4 is 11.4 Å². The highest BCUT2D eigenvalue weighted by Gasteiger charge is 2.23. The van der Waals surface area contributed by atoms with Gasteiger partial charge in [-0.25, -0.2) is 0 Å². The van der Waals surface area contributed by atoms with Crippen molar-refractivity contribution in [1.82, 2.24) is 0 Å². The molecule has 8 N–H and O–H groups in total. The molecule has 152 valence electrons. The third-order valence-electron chi connectivity index (χ3n) is 4.87. The number of rotatable bonds is 4. The molecule has 4 aromatic rings. The highest BCUT2D eigenvalue weighted by atomic mass is 15.0. The SMILES string of the molecule is NC(N)(c1ccccc1)c1ccccc1.Nc1ccc(Cc2ccc(N)cc2)cc1. The van der Waals surface area contributed by atoms with Gasteiger partial charge in [-0.05, 0) is 52.9 Å². The Hall–Kier alpha value is -3.60. The zero-order valence-electron chi connectivity index (χ0n) is 16.9. The molecule has 4 rings (SSSR count). The molecule has 0 radical (unpaired) electrons. The van der Waals surface area contributed by atoms with E-state index < -0.39 is 5.66 Å². The molecule has 0 heterocycles. The fourth-order valence-electron chi connectivity index (χ4n) is 3.10. The van der Waals surface area contributed by atoms with Gasteiger partial charge in [0.15, 0.2) is 0 Å². The molecule has 0 aliphatic heterocycles. The van der Waals surface area contributed by atoms with Crippen LogP contribution in [0.1, 0.15) is 22.3 Å². The van der Waals surface area contributed by atoms with E-state index in [-0.39, 0.29) is 0 Å². The van der Waals surface area contributed by atoms with Crippen LogP contribution in [0.2, 0.25) is 0 Å². The molecule has 0 amide bonds. The van der Waals surface area contributed by atoms with E-state index in [0.29, 0.717) is 0 Å². The van der Waals surface area contributed by atoms with Crippen LogP contribution in [-0.2, 0) is 12.1 Å². The van der Waals surface area contributed by atoms with Crippen LogP contribution < -0.4 is 22.9 Å². The average Bonchev–Trinajstić information content (AvgIpc) is 2.78. The van der Waals surface area contributed by atoms with Gasteiger partial charge in [0.05, 0.1) is 0 Å². The third kappa shape index (κ3) is 5.70. The second-order valence-corrected chi connectivity index (χ2v) is 7.26. The number of nitrogen functional groups attached to an aromatic ring is 2. The van der Waals surface area contributed by atoms with Crippen molar-refractivity contribution in [2.24, 2.45) is 11.5 Å². The monoisotopic (exact) mass is 396 g/mol. The zero-order valence-corrected chi connectivity index (χ0v) is 16.9. The summed E-state index contributed by atoms with van der Waals surface area (Å²) >= 11 is 0. The van der Waals surface area contributed by atoms with Crippen molar-refractivity contribution in [2.45, 2.75) is 12.1 Å². The summed E-state index contributed by atoms with van der Waals surface area (Å²) in [5, 5.41) is 0. The number of anilines is 2. The van der Waals surface area contributed by atoms with Crippen molar-refractivity contribution in [2.75, 3.05) is 11.5 Å². The predicted molar refractivity (Wildman–Crippen MR) is 127 cm³/mol. The molecule has 0 aromatic heterocycles. The van der Waals surface area contributed by atoms with Crippen LogP contribution in [0.3, 0.4) is 0 Å². The first-order valence-electron chi connectivity index (χ1n) is 9.83. The Morgan fingerprint density at radius 3 is 1.13 bits per heavy atom. The molecule has 0 aliphatic carbocycles. The standard InChI is InChI=1S/2C13H14N2/c14-12-5-1-10(2-6-12)9-11-3-7-13(15)8-4-11;14-13(15,11-7-3-1-4-8-11)12-9-5-2-6-10-12/h1-8H,9,14-15H2;1-10H,14-15H2. The molecule has 0 spiro atoms. The number of hydrogen-bond acceptors (Lipinski definition) is 4. The second-order valence-electron chi connectivity index (χ2n) is 7.26. The van der Waals surface area contributed by atoms with E-state index in [4.69, 9.17) is 22.9 Å². The third-order valence-corrected chi connectivity index (χ3v) is 4.87. The van der Waals surface area contributed by atoms with Crippen LogP contribution in [0.15, 0.2) is 109 Å². The smallest absolute Gasteiger partial charge is 0.116 e. The zero-order chi connectivity index (χ0) is 21.4. The lowest BCUT2D eigenvalue weighted by atomic mass is 9.93. The molecule has 0 aliphatic rings. The molecule has 4 heteroatoms. The highest BCUT2D eigenvalue weighted by molar-refractivity contribution is 5.43. The van der Waals surface area contributed by atoms with Gasteiger partial charge in [-0.3, -0.25) is 0 Å². The van der Waals surface area contributed by atoms with Gasteiger partial charge in [0.1, 0.15) is 5.66 Å². The summed E-state index contributed by atoms with van der Waals surface area (Å²) in [5.41, 5.74) is 28.6. The lowest BCUT2D eigenvalue weighted by Crippen LogP contribution is -2.46. The first-order chi connectivity index (χ1) is 14.4. The van der Waals surface area contributed by atoms with Gasteiger partial charge < -0.3 is 22.9 Å². The van der Waals surface area contributed by atoms with Crippen LogP contribution in [0.5, 0.6) is 0 Å². The molecule has 0 atom stereocenters. The van der Waals surface area contributed by atoms with Gasteiger partial charge in [-0.1, -0.05) is 84.9 Å². The molecule has 4 nitrogen and oxygen atoms in total. The van der Waals surface area contributed by atoms with Crippen LogP contribution >= 0.6 is 0 Å². The van der Waals surface area contributed by atoms with Crippen molar-refractivity contribution in [1.29, 1.82) is 0 Å². The first-order valence-corrected chi connectivity index (χ1v) is 9.83. The fourth-order valence-corrected chi connectivity index (χ4v) is 3.10. The van der Waals surface area contributed by atoms with Crippen molar-refractivity contribution in [3.63, 3.8) is 0 Å². The molecule has 0 saturated carbocycles. The quantitative estimate of drug-likeness (QED) is 0.306. The second kappa shape index (κ2) is 9.74. The van der Waals surface area contributed by atoms with Gasteiger partial charge in [0.2, 0.25) is 0 Å². The summed E-state index contributed by atoms with van der Waals surface area (Å²) in [5.74, 6) is 0. The van der Waals surface area contributed by atoms with Gasteiger partial charge in [-0.2, -0.15) is 0 Å². The minimum absolute atomic E-state index is 0.802. The topological polar surface area (TPSA) is 104 Å². The van der Waals surface area contributed by atoms with E-state index in [1.165, 1.54) is 11.1 Å². The van der Waals surface area contributed by atoms with Crippen LogP contribution in [0, 0.1) is 0 Å². The summed E-state index contributed by atoms with van der Waals surface area (Å²) < 4.78 is 0. The summed E-state index contributed by atoms with van der Waals surface area (Å²) in [6, 6.07) is 35.3. The molecule has 0 fully saturated rings. The van der Waals surface area contributed by atoms with Crippen molar-refractivity contribution < 1.29 is 0 Å². The Bertz CT molecular complexity index is 941. The number of benzene rings is 4. The molecule has 4 aromatic carbocycles. The summed E-state index contributed by atoms with van der Waals surface area (Å²) in [6.45, 7) is 0. The van der Waals surface area contributed by atoms with Crippen molar-refractivity contribution in [3.05, 3.63) is 131 Å². The van der Waals surface area contributed by atoms with Gasteiger partial charge >= 0.3 is 0 Å². The van der Waals surface area contributed by atoms with Gasteiger partial charge in [0.25, 0.3) is 0 Å². The highest BCUT2D eigenvalue weighted by Crippen LogP contribution is 2.20. The number of hydrogen-bond donors (Lipinski definition) is 4. The lowest BCUT2D eigenvalue weighted by Gasteiger charge is -2.25. The molecule has 0 bridgehead atoms. The minimum atomic E-state index is -0.914. The summed E-state index contributed by atoms with van der Waals surface area (Å²) in [6.07, 6.45) is 0.917. The fraction of sp³-hybridized carbons (Fsp3) is 0.0769. The van der Waals surface area contributed by atoms with Crippen LogP contribution in [0.25, 0.3) is 0 Å². The van der Waals surface area contributed by atoms with E-state index in [9.17, 15) is 0 Å². The Kier molecular flexibility index (Phi) is 6.86. The largest absolute Gasteiger partial charge is 0.399 e. The molecule has 0 saturated heterocycles. The maximum absolute atomic E-state index is 6.14. The maximum Gasteiger partial charge on any atom is 0.116 e. The molecule has 30 heavy (non-hydrogen) atoms. The normalized spacial score (nSPS) is 10.7. The Balaban J connectivity index is 0.000000171. The number of nitrogens with two attached hydrogens (primary N) is 4. The Morgan fingerprint density at radius 2 is 0.800 bits per heavy atom. The van der Waals surface area contributed by atoms with Gasteiger partial charge in [0, 0.05) is 11.4 Å². The van der Waals surface area contributed by atoms with E-state index in [1.807, 2.05) is 109 Å². The Labute approximate surface area is 178 Å². The lowest BCUT2D eigenvalue weighted by molar-refractivity contribution is 0.567. The van der Waals surface area contributed by atoms with E-state index >= 15 is 0 Å². The van der Waals surface area contributed by atoms with Crippen molar-refractivity contribution in [3.8, 4) is 0 Å². The minimum Gasteiger partial charge on any atom is -0.399 e.